The molecule has 0 fully saturated rings. The normalized spacial score (nSPS) is 12.0. The molecule has 1 atom stereocenters. The zero-order valence-corrected chi connectivity index (χ0v) is 15.2. The number of fused-ring (bicyclic) bond motifs is 1. The van der Waals surface area contributed by atoms with Gasteiger partial charge in [0.05, 0.1) is 10.6 Å². The van der Waals surface area contributed by atoms with E-state index < -0.39 is 18.0 Å². The first-order chi connectivity index (χ1) is 12.5. The van der Waals surface area contributed by atoms with E-state index in [2.05, 4.69) is 10.3 Å². The second-order valence-corrected chi connectivity index (χ2v) is 6.18. The Kier molecular flexibility index (Phi) is 5.23. The van der Waals surface area contributed by atoms with Crippen molar-refractivity contribution in [1.29, 1.82) is 0 Å². The molecule has 1 amide bonds. The summed E-state index contributed by atoms with van der Waals surface area (Å²) in [4.78, 5) is 28.8. The van der Waals surface area contributed by atoms with Crippen molar-refractivity contribution < 1.29 is 14.3 Å². The molecule has 0 saturated heterocycles. The SMILES string of the molecule is CCn1cc(C(=O)OC(C)C(=O)Nc2ccc(Cl)cn2)c2ccccc21. The van der Waals surface area contributed by atoms with E-state index in [9.17, 15) is 9.59 Å². The van der Waals surface area contributed by atoms with Crippen LogP contribution in [0, 0.1) is 0 Å². The number of pyridine rings is 1. The average molecular weight is 372 g/mol. The van der Waals surface area contributed by atoms with E-state index in [4.69, 9.17) is 16.3 Å². The zero-order chi connectivity index (χ0) is 18.7. The van der Waals surface area contributed by atoms with E-state index in [1.54, 1.807) is 18.3 Å². The van der Waals surface area contributed by atoms with Crippen LogP contribution in [0.5, 0.6) is 0 Å². The number of aryl methyl sites for hydroxylation is 1. The zero-order valence-electron chi connectivity index (χ0n) is 14.4. The second-order valence-electron chi connectivity index (χ2n) is 5.74. The lowest BCUT2D eigenvalue weighted by molar-refractivity contribution is -0.123. The van der Waals surface area contributed by atoms with Gasteiger partial charge >= 0.3 is 5.97 Å². The highest BCUT2D eigenvalue weighted by molar-refractivity contribution is 6.30. The lowest BCUT2D eigenvalue weighted by atomic mass is 10.2. The number of esters is 1. The highest BCUT2D eigenvalue weighted by Crippen LogP contribution is 2.22. The van der Waals surface area contributed by atoms with E-state index in [0.29, 0.717) is 16.4 Å². The number of anilines is 1. The Balaban J connectivity index is 1.73. The molecule has 134 valence electrons. The fourth-order valence-corrected chi connectivity index (χ4v) is 2.74. The van der Waals surface area contributed by atoms with Crippen LogP contribution in [-0.4, -0.2) is 27.5 Å². The highest BCUT2D eigenvalue weighted by Gasteiger charge is 2.22. The van der Waals surface area contributed by atoms with E-state index in [1.807, 2.05) is 35.8 Å². The minimum absolute atomic E-state index is 0.338. The van der Waals surface area contributed by atoms with Gasteiger partial charge < -0.3 is 14.6 Å². The highest BCUT2D eigenvalue weighted by atomic mass is 35.5. The topological polar surface area (TPSA) is 73.2 Å². The Morgan fingerprint density at radius 3 is 2.73 bits per heavy atom. The molecule has 1 aromatic carbocycles. The number of ether oxygens (including phenoxy) is 1. The number of hydrogen-bond acceptors (Lipinski definition) is 4. The standard InChI is InChI=1S/C19H18ClN3O3/c1-3-23-11-15(14-6-4-5-7-16(14)23)19(25)26-12(2)18(24)22-17-9-8-13(20)10-21-17/h4-12H,3H2,1-2H3,(H,21,22,24). The summed E-state index contributed by atoms with van der Waals surface area (Å²) < 4.78 is 7.31. The largest absolute Gasteiger partial charge is 0.449 e. The van der Waals surface area contributed by atoms with Gasteiger partial charge in [-0.15, -0.1) is 0 Å². The molecule has 1 unspecified atom stereocenters. The number of para-hydroxylation sites is 1. The third kappa shape index (κ3) is 3.70. The quantitative estimate of drug-likeness (QED) is 0.690. The smallest absolute Gasteiger partial charge is 0.341 e. The van der Waals surface area contributed by atoms with Gasteiger partial charge in [0.15, 0.2) is 6.10 Å². The maximum atomic E-state index is 12.6. The predicted molar refractivity (Wildman–Crippen MR) is 100 cm³/mol. The van der Waals surface area contributed by atoms with Gasteiger partial charge in [-0.1, -0.05) is 29.8 Å². The van der Waals surface area contributed by atoms with Crippen molar-refractivity contribution in [2.75, 3.05) is 5.32 Å². The van der Waals surface area contributed by atoms with Crippen LogP contribution in [0.15, 0.2) is 48.8 Å². The number of nitrogens with zero attached hydrogens (tertiary/aromatic N) is 2. The Labute approximate surface area is 155 Å². The molecule has 26 heavy (non-hydrogen) atoms. The minimum atomic E-state index is -0.969. The number of aromatic nitrogens is 2. The van der Waals surface area contributed by atoms with Crippen LogP contribution < -0.4 is 5.32 Å². The molecule has 0 radical (unpaired) electrons. The molecule has 1 N–H and O–H groups in total. The number of halogens is 1. The second kappa shape index (κ2) is 7.58. The van der Waals surface area contributed by atoms with Crippen molar-refractivity contribution in [2.45, 2.75) is 26.5 Å². The number of rotatable bonds is 5. The first kappa shape index (κ1) is 17.9. The molecule has 0 saturated carbocycles. The molecule has 0 aliphatic rings. The summed E-state index contributed by atoms with van der Waals surface area (Å²) in [7, 11) is 0. The lowest BCUT2D eigenvalue weighted by Gasteiger charge is -2.12. The van der Waals surface area contributed by atoms with Crippen molar-refractivity contribution in [2.24, 2.45) is 0 Å². The molecule has 0 bridgehead atoms. The molecular weight excluding hydrogens is 354 g/mol. The number of carbonyl (C=O) groups is 2. The van der Waals surface area contributed by atoms with Crippen LogP contribution in [0.2, 0.25) is 5.02 Å². The summed E-state index contributed by atoms with van der Waals surface area (Å²) in [6.45, 7) is 4.24. The minimum Gasteiger partial charge on any atom is -0.449 e. The molecule has 7 heteroatoms. The van der Waals surface area contributed by atoms with Crippen LogP contribution in [0.4, 0.5) is 5.82 Å². The summed E-state index contributed by atoms with van der Waals surface area (Å²) in [5, 5.41) is 3.85. The summed E-state index contributed by atoms with van der Waals surface area (Å²) in [5.74, 6) is -0.669. The van der Waals surface area contributed by atoms with Gasteiger partial charge in [0.25, 0.3) is 5.91 Å². The molecule has 2 aromatic heterocycles. The average Bonchev–Trinajstić information content (AvgIpc) is 3.02. The number of carbonyl (C=O) groups excluding carboxylic acids is 2. The van der Waals surface area contributed by atoms with E-state index in [-0.39, 0.29) is 0 Å². The van der Waals surface area contributed by atoms with Crippen molar-refractivity contribution >= 4 is 40.2 Å². The monoisotopic (exact) mass is 371 g/mol. The predicted octanol–water partition coefficient (Wildman–Crippen LogP) is 3.89. The summed E-state index contributed by atoms with van der Waals surface area (Å²) in [5.41, 5.74) is 1.39. The first-order valence-electron chi connectivity index (χ1n) is 8.21. The Hall–Kier alpha value is -2.86. The number of amides is 1. The van der Waals surface area contributed by atoms with Gasteiger partial charge in [-0.05, 0) is 32.0 Å². The Morgan fingerprint density at radius 2 is 2.04 bits per heavy atom. The molecule has 0 spiro atoms. The third-order valence-electron chi connectivity index (χ3n) is 3.98. The van der Waals surface area contributed by atoms with Crippen LogP contribution >= 0.6 is 11.6 Å². The van der Waals surface area contributed by atoms with Crippen molar-refractivity contribution in [3.8, 4) is 0 Å². The molecule has 0 aliphatic carbocycles. The van der Waals surface area contributed by atoms with Crippen molar-refractivity contribution in [3.63, 3.8) is 0 Å². The van der Waals surface area contributed by atoms with Crippen molar-refractivity contribution in [3.05, 3.63) is 59.4 Å². The van der Waals surface area contributed by atoms with Crippen LogP contribution in [0.3, 0.4) is 0 Å². The van der Waals surface area contributed by atoms with Crippen molar-refractivity contribution in [1.82, 2.24) is 9.55 Å². The lowest BCUT2D eigenvalue weighted by Crippen LogP contribution is -2.30. The number of hydrogen-bond donors (Lipinski definition) is 1. The molecular formula is C19H18ClN3O3. The van der Waals surface area contributed by atoms with Crippen LogP contribution in [-0.2, 0) is 16.1 Å². The maximum absolute atomic E-state index is 12.6. The summed E-state index contributed by atoms with van der Waals surface area (Å²) in [6, 6.07) is 10.8. The van der Waals surface area contributed by atoms with Crippen LogP contribution in [0.1, 0.15) is 24.2 Å². The third-order valence-corrected chi connectivity index (χ3v) is 4.20. The number of benzene rings is 1. The van der Waals surface area contributed by atoms with E-state index in [1.165, 1.54) is 13.1 Å². The molecule has 0 aliphatic heterocycles. The Bertz CT molecular complexity index is 950. The van der Waals surface area contributed by atoms with Gasteiger partial charge in [-0.25, -0.2) is 9.78 Å². The Morgan fingerprint density at radius 1 is 1.27 bits per heavy atom. The van der Waals surface area contributed by atoms with E-state index in [0.717, 1.165) is 17.4 Å². The molecule has 6 nitrogen and oxygen atoms in total. The maximum Gasteiger partial charge on any atom is 0.341 e. The summed E-state index contributed by atoms with van der Waals surface area (Å²) >= 11 is 5.76. The molecule has 2 heterocycles. The fourth-order valence-electron chi connectivity index (χ4n) is 2.63. The van der Waals surface area contributed by atoms with Gasteiger partial charge in [-0.3, -0.25) is 4.79 Å². The summed E-state index contributed by atoms with van der Waals surface area (Å²) in [6.07, 6.45) is 2.20. The van der Waals surface area contributed by atoms with Crippen LogP contribution in [0.25, 0.3) is 10.9 Å². The van der Waals surface area contributed by atoms with Gasteiger partial charge in [0, 0.05) is 29.8 Å². The van der Waals surface area contributed by atoms with Gasteiger partial charge in [0.2, 0.25) is 0 Å². The molecule has 3 aromatic rings. The molecule has 3 rings (SSSR count). The van der Waals surface area contributed by atoms with Gasteiger partial charge in [0.1, 0.15) is 5.82 Å². The number of nitrogens with one attached hydrogen (secondary N) is 1. The first-order valence-corrected chi connectivity index (χ1v) is 8.58. The van der Waals surface area contributed by atoms with E-state index >= 15 is 0 Å². The fraction of sp³-hybridized carbons (Fsp3) is 0.211. The van der Waals surface area contributed by atoms with Gasteiger partial charge in [-0.2, -0.15) is 0 Å².